The van der Waals surface area contributed by atoms with E-state index in [9.17, 15) is 8.78 Å². The van der Waals surface area contributed by atoms with Crippen molar-refractivity contribution in [3.05, 3.63) is 47.8 Å². The molecule has 2 rings (SSSR count). The molecule has 5 heteroatoms. The van der Waals surface area contributed by atoms with Gasteiger partial charge in [-0.3, -0.25) is 0 Å². The summed E-state index contributed by atoms with van der Waals surface area (Å²) in [5, 5.41) is 2.95. The van der Waals surface area contributed by atoms with Crippen molar-refractivity contribution in [2.24, 2.45) is 0 Å². The molecule has 0 unspecified atom stereocenters. The molecule has 0 bridgehead atoms. The van der Waals surface area contributed by atoms with Crippen molar-refractivity contribution in [3.63, 3.8) is 0 Å². The molecule has 0 spiro atoms. The topological polar surface area (TPSA) is 37.8 Å². The van der Waals surface area contributed by atoms with Crippen LogP contribution in [0.4, 0.5) is 8.78 Å². The van der Waals surface area contributed by atoms with Gasteiger partial charge in [-0.25, -0.2) is 18.7 Å². The van der Waals surface area contributed by atoms with Crippen LogP contribution in [-0.4, -0.2) is 17.0 Å². The molecule has 1 aromatic carbocycles. The van der Waals surface area contributed by atoms with E-state index in [1.807, 2.05) is 0 Å². The van der Waals surface area contributed by atoms with E-state index in [4.69, 9.17) is 0 Å². The van der Waals surface area contributed by atoms with Gasteiger partial charge in [-0.05, 0) is 25.2 Å². The summed E-state index contributed by atoms with van der Waals surface area (Å²) >= 11 is 0. The molecule has 1 heterocycles. The molecular weight excluding hydrogens is 224 g/mol. The number of nitrogens with zero attached hydrogens (tertiary/aromatic N) is 2. The zero-order chi connectivity index (χ0) is 12.3. The van der Waals surface area contributed by atoms with Gasteiger partial charge < -0.3 is 5.32 Å². The second-order valence-corrected chi connectivity index (χ2v) is 3.56. The standard InChI is InChI=1S/C12H11F2N3/c1-15-7-11-2-3-16-12(17-11)8-4-9(13)6-10(14)5-8/h2-6,15H,7H2,1H3. The predicted octanol–water partition coefficient (Wildman–Crippen LogP) is 2.14. The highest BCUT2D eigenvalue weighted by Gasteiger charge is 2.06. The van der Waals surface area contributed by atoms with Gasteiger partial charge in [0.1, 0.15) is 11.6 Å². The average molecular weight is 235 g/mol. The summed E-state index contributed by atoms with van der Waals surface area (Å²) in [5.41, 5.74) is 1.10. The van der Waals surface area contributed by atoms with E-state index >= 15 is 0 Å². The SMILES string of the molecule is CNCc1ccnc(-c2cc(F)cc(F)c2)n1. The van der Waals surface area contributed by atoms with Gasteiger partial charge in [-0.1, -0.05) is 0 Å². The largest absolute Gasteiger partial charge is 0.314 e. The Hall–Kier alpha value is -1.88. The molecule has 0 radical (unpaired) electrons. The van der Waals surface area contributed by atoms with Crippen molar-refractivity contribution in [1.82, 2.24) is 15.3 Å². The van der Waals surface area contributed by atoms with Crippen molar-refractivity contribution in [2.75, 3.05) is 7.05 Å². The summed E-state index contributed by atoms with van der Waals surface area (Å²) in [6, 6.07) is 4.99. The van der Waals surface area contributed by atoms with E-state index < -0.39 is 11.6 Å². The molecule has 0 amide bonds. The van der Waals surface area contributed by atoms with Gasteiger partial charge in [0.05, 0.1) is 5.69 Å². The summed E-state index contributed by atoms with van der Waals surface area (Å²) in [6.45, 7) is 0.577. The highest BCUT2D eigenvalue weighted by Crippen LogP contribution is 2.17. The van der Waals surface area contributed by atoms with E-state index in [0.717, 1.165) is 11.8 Å². The van der Waals surface area contributed by atoms with Crippen LogP contribution in [0.3, 0.4) is 0 Å². The molecule has 3 nitrogen and oxygen atoms in total. The normalized spacial score (nSPS) is 10.5. The third kappa shape index (κ3) is 2.82. The molecule has 0 aliphatic carbocycles. The minimum absolute atomic E-state index is 0.316. The fraction of sp³-hybridized carbons (Fsp3) is 0.167. The zero-order valence-electron chi connectivity index (χ0n) is 9.24. The molecule has 17 heavy (non-hydrogen) atoms. The monoisotopic (exact) mass is 235 g/mol. The molecule has 0 saturated carbocycles. The van der Waals surface area contributed by atoms with Crippen LogP contribution in [0.2, 0.25) is 0 Å². The van der Waals surface area contributed by atoms with Crippen LogP contribution in [0, 0.1) is 11.6 Å². The van der Waals surface area contributed by atoms with E-state index in [-0.39, 0.29) is 0 Å². The highest BCUT2D eigenvalue weighted by atomic mass is 19.1. The molecule has 0 saturated heterocycles. The Morgan fingerprint density at radius 1 is 1.18 bits per heavy atom. The second kappa shape index (κ2) is 4.97. The van der Waals surface area contributed by atoms with Crippen molar-refractivity contribution in [2.45, 2.75) is 6.54 Å². The average Bonchev–Trinajstić information content (AvgIpc) is 2.28. The van der Waals surface area contributed by atoms with E-state index in [0.29, 0.717) is 17.9 Å². The lowest BCUT2D eigenvalue weighted by Crippen LogP contribution is -2.07. The van der Waals surface area contributed by atoms with Gasteiger partial charge in [0.15, 0.2) is 5.82 Å². The van der Waals surface area contributed by atoms with E-state index in [1.54, 1.807) is 19.3 Å². The lowest BCUT2D eigenvalue weighted by Gasteiger charge is -2.03. The highest BCUT2D eigenvalue weighted by molar-refractivity contribution is 5.54. The third-order valence-corrected chi connectivity index (χ3v) is 2.19. The van der Waals surface area contributed by atoms with Crippen LogP contribution < -0.4 is 5.32 Å². The van der Waals surface area contributed by atoms with Crippen molar-refractivity contribution >= 4 is 0 Å². The lowest BCUT2D eigenvalue weighted by atomic mass is 10.2. The molecule has 0 fully saturated rings. The van der Waals surface area contributed by atoms with Gasteiger partial charge >= 0.3 is 0 Å². The smallest absolute Gasteiger partial charge is 0.159 e. The van der Waals surface area contributed by atoms with Crippen LogP contribution in [0.25, 0.3) is 11.4 Å². The Bertz CT molecular complexity index is 509. The fourth-order valence-electron chi connectivity index (χ4n) is 1.50. The quantitative estimate of drug-likeness (QED) is 0.885. The number of hydrogen-bond acceptors (Lipinski definition) is 3. The number of nitrogens with one attached hydrogen (secondary N) is 1. The summed E-state index contributed by atoms with van der Waals surface area (Å²) in [7, 11) is 1.80. The van der Waals surface area contributed by atoms with Crippen LogP contribution >= 0.6 is 0 Å². The second-order valence-electron chi connectivity index (χ2n) is 3.56. The maximum absolute atomic E-state index is 13.1. The summed E-state index contributed by atoms with van der Waals surface area (Å²) in [6.07, 6.45) is 1.57. The molecule has 1 N–H and O–H groups in total. The molecule has 88 valence electrons. The van der Waals surface area contributed by atoms with E-state index in [2.05, 4.69) is 15.3 Å². The first-order chi connectivity index (χ1) is 8.19. The third-order valence-electron chi connectivity index (χ3n) is 2.19. The van der Waals surface area contributed by atoms with Crippen molar-refractivity contribution in [3.8, 4) is 11.4 Å². The maximum atomic E-state index is 13.1. The minimum Gasteiger partial charge on any atom is -0.314 e. The molecular formula is C12H11F2N3. The number of halogens is 2. The van der Waals surface area contributed by atoms with Crippen molar-refractivity contribution < 1.29 is 8.78 Å². The lowest BCUT2D eigenvalue weighted by molar-refractivity contribution is 0.584. The Morgan fingerprint density at radius 2 is 1.88 bits per heavy atom. The zero-order valence-corrected chi connectivity index (χ0v) is 9.24. The van der Waals surface area contributed by atoms with Gasteiger partial charge in [-0.2, -0.15) is 0 Å². The van der Waals surface area contributed by atoms with Gasteiger partial charge in [0, 0.05) is 24.4 Å². The Kier molecular flexibility index (Phi) is 3.39. The van der Waals surface area contributed by atoms with Crippen molar-refractivity contribution in [1.29, 1.82) is 0 Å². The van der Waals surface area contributed by atoms with Gasteiger partial charge in [0.2, 0.25) is 0 Å². The first-order valence-electron chi connectivity index (χ1n) is 5.12. The van der Waals surface area contributed by atoms with E-state index in [1.165, 1.54) is 12.1 Å². The summed E-state index contributed by atoms with van der Waals surface area (Å²) in [5.74, 6) is -0.957. The first kappa shape index (κ1) is 11.6. The number of rotatable bonds is 3. The summed E-state index contributed by atoms with van der Waals surface area (Å²) < 4.78 is 26.1. The molecule has 1 aromatic heterocycles. The van der Waals surface area contributed by atoms with Crippen LogP contribution in [0.15, 0.2) is 30.5 Å². The Morgan fingerprint density at radius 3 is 2.53 bits per heavy atom. The molecule has 0 aliphatic heterocycles. The fourth-order valence-corrected chi connectivity index (χ4v) is 1.50. The first-order valence-corrected chi connectivity index (χ1v) is 5.12. The van der Waals surface area contributed by atoms with Crippen LogP contribution in [0.1, 0.15) is 5.69 Å². The van der Waals surface area contributed by atoms with Gasteiger partial charge in [0.25, 0.3) is 0 Å². The minimum atomic E-state index is -0.636. The summed E-state index contributed by atoms with van der Waals surface area (Å²) in [4.78, 5) is 8.21. The predicted molar refractivity (Wildman–Crippen MR) is 60.1 cm³/mol. The number of benzene rings is 1. The maximum Gasteiger partial charge on any atom is 0.159 e. The Labute approximate surface area is 97.5 Å². The number of hydrogen-bond donors (Lipinski definition) is 1. The Balaban J connectivity index is 2.41. The molecule has 2 aromatic rings. The van der Waals surface area contributed by atoms with Gasteiger partial charge in [-0.15, -0.1) is 0 Å². The van der Waals surface area contributed by atoms with Crippen LogP contribution in [-0.2, 0) is 6.54 Å². The molecule has 0 atom stereocenters. The number of aromatic nitrogens is 2. The van der Waals surface area contributed by atoms with Crippen LogP contribution in [0.5, 0.6) is 0 Å². The molecule has 0 aliphatic rings.